The summed E-state index contributed by atoms with van der Waals surface area (Å²) in [7, 11) is 0. The van der Waals surface area contributed by atoms with Gasteiger partial charge in [0.15, 0.2) is 11.5 Å². The molecule has 0 aliphatic rings. The van der Waals surface area contributed by atoms with Gasteiger partial charge in [-0.25, -0.2) is 19.3 Å². The van der Waals surface area contributed by atoms with Crippen molar-refractivity contribution >= 4 is 11.7 Å². The largest absolute Gasteiger partial charge is 0.382 e. The van der Waals surface area contributed by atoms with E-state index < -0.39 is 5.91 Å². The van der Waals surface area contributed by atoms with Crippen LogP contribution in [0, 0.1) is 0 Å². The Morgan fingerprint density at radius 1 is 1.10 bits per heavy atom. The smallest absolute Gasteiger partial charge is 0.271 e. The number of nitrogen functional groups attached to an aromatic ring is 1. The van der Waals surface area contributed by atoms with Crippen LogP contribution in [0.25, 0.3) is 11.3 Å². The van der Waals surface area contributed by atoms with E-state index in [1.165, 1.54) is 11.0 Å². The zero-order chi connectivity index (χ0) is 14.1. The van der Waals surface area contributed by atoms with Crippen molar-refractivity contribution in [2.45, 2.75) is 0 Å². The summed E-state index contributed by atoms with van der Waals surface area (Å²) >= 11 is 0. The number of benzene rings is 1. The van der Waals surface area contributed by atoms with Crippen molar-refractivity contribution in [3.05, 3.63) is 54.9 Å². The van der Waals surface area contributed by atoms with E-state index >= 15 is 0 Å². The topological polar surface area (TPSA) is 105 Å². The molecule has 0 fully saturated rings. The normalized spacial score (nSPS) is 10.6. The first-order valence-electron chi connectivity index (χ1n) is 5.89. The number of rotatable bonds is 3. The first kappa shape index (κ1) is 12.0. The second kappa shape index (κ2) is 4.54. The van der Waals surface area contributed by atoms with Crippen LogP contribution in [0.2, 0.25) is 0 Å². The Bertz CT molecular complexity index is 758. The van der Waals surface area contributed by atoms with Crippen LogP contribution >= 0.6 is 0 Å². The molecule has 0 unspecified atom stereocenters. The third-order valence-corrected chi connectivity index (χ3v) is 2.91. The number of hydrogen-bond acceptors (Lipinski definition) is 4. The highest BCUT2D eigenvalue weighted by atomic mass is 16.1. The summed E-state index contributed by atoms with van der Waals surface area (Å²) in [6, 6.07) is 9.72. The number of anilines is 1. The Morgan fingerprint density at radius 2 is 1.85 bits per heavy atom. The molecule has 3 aromatic rings. The molecule has 0 spiro atoms. The van der Waals surface area contributed by atoms with Crippen molar-refractivity contribution < 1.29 is 4.79 Å². The standard InChI is InChI=1S/C13H12N6O/c14-12-11(13(15)20)17-8-19(12)18-6-10(16-7-18)9-4-2-1-3-5-9/h1-8H,14H2,(H2,15,20). The van der Waals surface area contributed by atoms with Gasteiger partial charge >= 0.3 is 0 Å². The maximum absolute atomic E-state index is 11.1. The third-order valence-electron chi connectivity index (χ3n) is 2.91. The number of aromatic nitrogens is 4. The number of nitrogens with two attached hydrogens (primary N) is 2. The Labute approximate surface area is 114 Å². The molecule has 0 bridgehead atoms. The zero-order valence-corrected chi connectivity index (χ0v) is 10.5. The summed E-state index contributed by atoms with van der Waals surface area (Å²) in [4.78, 5) is 19.3. The van der Waals surface area contributed by atoms with Crippen molar-refractivity contribution in [3.8, 4) is 11.3 Å². The van der Waals surface area contributed by atoms with Crippen LogP contribution in [0.1, 0.15) is 10.5 Å². The van der Waals surface area contributed by atoms with Gasteiger partial charge in [-0.15, -0.1) is 0 Å². The highest BCUT2D eigenvalue weighted by molar-refractivity contribution is 5.95. The molecule has 0 saturated heterocycles. The molecule has 1 aromatic carbocycles. The summed E-state index contributed by atoms with van der Waals surface area (Å²) in [6.07, 6.45) is 4.80. The molecule has 0 atom stereocenters. The number of carbonyl (C=O) groups excluding carboxylic acids is 1. The van der Waals surface area contributed by atoms with Gasteiger partial charge in [0, 0.05) is 5.56 Å². The van der Waals surface area contributed by atoms with Crippen molar-refractivity contribution in [1.82, 2.24) is 19.3 Å². The number of nitrogens with zero attached hydrogens (tertiary/aromatic N) is 4. The van der Waals surface area contributed by atoms with E-state index in [2.05, 4.69) is 9.97 Å². The maximum Gasteiger partial charge on any atom is 0.271 e. The minimum absolute atomic E-state index is 0.0416. The SMILES string of the molecule is NC(=O)c1ncn(-n2cnc(-c3ccccc3)c2)c1N. The van der Waals surface area contributed by atoms with E-state index in [0.29, 0.717) is 0 Å². The van der Waals surface area contributed by atoms with Crippen LogP contribution in [-0.4, -0.2) is 25.2 Å². The number of carbonyl (C=O) groups is 1. The molecule has 0 aliphatic carbocycles. The highest BCUT2D eigenvalue weighted by Gasteiger charge is 2.14. The lowest BCUT2D eigenvalue weighted by Crippen LogP contribution is -2.16. The molecular weight excluding hydrogens is 256 g/mol. The van der Waals surface area contributed by atoms with E-state index in [1.807, 2.05) is 30.3 Å². The summed E-state index contributed by atoms with van der Waals surface area (Å²) < 4.78 is 3.14. The molecule has 4 N–H and O–H groups in total. The lowest BCUT2D eigenvalue weighted by molar-refractivity contribution is 0.0997. The van der Waals surface area contributed by atoms with Gasteiger partial charge in [-0.05, 0) is 0 Å². The van der Waals surface area contributed by atoms with E-state index in [0.717, 1.165) is 11.3 Å². The molecule has 20 heavy (non-hydrogen) atoms. The molecule has 2 heterocycles. The van der Waals surface area contributed by atoms with Gasteiger partial charge in [-0.1, -0.05) is 30.3 Å². The average molecular weight is 268 g/mol. The van der Waals surface area contributed by atoms with Crippen LogP contribution in [0.15, 0.2) is 49.2 Å². The molecule has 100 valence electrons. The fourth-order valence-corrected chi connectivity index (χ4v) is 1.91. The minimum atomic E-state index is -0.662. The molecule has 1 amide bonds. The number of amides is 1. The number of imidazole rings is 2. The van der Waals surface area contributed by atoms with Gasteiger partial charge in [0.25, 0.3) is 5.91 Å². The van der Waals surface area contributed by atoms with Crippen LogP contribution < -0.4 is 11.5 Å². The third kappa shape index (κ3) is 1.91. The summed E-state index contributed by atoms with van der Waals surface area (Å²) in [5, 5.41) is 0. The molecule has 0 radical (unpaired) electrons. The maximum atomic E-state index is 11.1. The summed E-state index contributed by atoms with van der Waals surface area (Å²) in [5.74, 6) is -0.487. The number of hydrogen-bond donors (Lipinski definition) is 2. The molecule has 2 aromatic heterocycles. The molecule has 7 nitrogen and oxygen atoms in total. The van der Waals surface area contributed by atoms with Crippen LogP contribution in [0.3, 0.4) is 0 Å². The summed E-state index contributed by atoms with van der Waals surface area (Å²) in [6.45, 7) is 0. The summed E-state index contributed by atoms with van der Waals surface area (Å²) in [5.41, 5.74) is 12.8. The van der Waals surface area contributed by atoms with Gasteiger partial charge in [0.05, 0.1) is 11.9 Å². The van der Waals surface area contributed by atoms with Crippen molar-refractivity contribution in [2.75, 3.05) is 5.73 Å². The van der Waals surface area contributed by atoms with Gasteiger partial charge < -0.3 is 11.5 Å². The van der Waals surface area contributed by atoms with Crippen molar-refractivity contribution in [3.63, 3.8) is 0 Å². The van der Waals surface area contributed by atoms with Gasteiger partial charge in [0.1, 0.15) is 12.7 Å². The molecule has 0 aliphatic heterocycles. The number of primary amides is 1. The fourth-order valence-electron chi connectivity index (χ4n) is 1.91. The Morgan fingerprint density at radius 3 is 2.50 bits per heavy atom. The Hall–Kier alpha value is -3.09. The second-order valence-electron chi connectivity index (χ2n) is 4.19. The van der Waals surface area contributed by atoms with Gasteiger partial charge in [0.2, 0.25) is 0 Å². The molecular formula is C13H12N6O. The van der Waals surface area contributed by atoms with Crippen LogP contribution in [0.5, 0.6) is 0 Å². The Kier molecular flexibility index (Phi) is 2.72. The fraction of sp³-hybridized carbons (Fsp3) is 0. The predicted molar refractivity (Wildman–Crippen MR) is 73.6 cm³/mol. The van der Waals surface area contributed by atoms with Crippen LogP contribution in [0.4, 0.5) is 5.82 Å². The van der Waals surface area contributed by atoms with Gasteiger partial charge in [-0.3, -0.25) is 4.79 Å². The zero-order valence-electron chi connectivity index (χ0n) is 10.5. The van der Waals surface area contributed by atoms with E-state index in [-0.39, 0.29) is 11.5 Å². The predicted octanol–water partition coefficient (Wildman–Crippen LogP) is 0.739. The van der Waals surface area contributed by atoms with Gasteiger partial charge in [-0.2, -0.15) is 0 Å². The van der Waals surface area contributed by atoms with E-state index in [1.54, 1.807) is 17.2 Å². The van der Waals surface area contributed by atoms with Crippen molar-refractivity contribution in [2.24, 2.45) is 5.73 Å². The molecule has 0 saturated carbocycles. The monoisotopic (exact) mass is 268 g/mol. The quantitative estimate of drug-likeness (QED) is 0.730. The first-order valence-corrected chi connectivity index (χ1v) is 5.89. The molecule has 7 heteroatoms. The Balaban J connectivity index is 2.01. The lowest BCUT2D eigenvalue weighted by atomic mass is 10.2. The first-order chi connectivity index (χ1) is 9.66. The lowest BCUT2D eigenvalue weighted by Gasteiger charge is -2.04. The highest BCUT2D eigenvalue weighted by Crippen LogP contribution is 2.17. The molecule has 3 rings (SSSR count). The minimum Gasteiger partial charge on any atom is -0.382 e. The van der Waals surface area contributed by atoms with E-state index in [9.17, 15) is 4.79 Å². The van der Waals surface area contributed by atoms with E-state index in [4.69, 9.17) is 11.5 Å². The van der Waals surface area contributed by atoms with Crippen LogP contribution in [-0.2, 0) is 0 Å². The van der Waals surface area contributed by atoms with Crippen molar-refractivity contribution in [1.29, 1.82) is 0 Å². The second-order valence-corrected chi connectivity index (χ2v) is 4.19. The average Bonchev–Trinajstić information content (AvgIpc) is 3.06.